The molecule has 0 saturated carbocycles. The van der Waals surface area contributed by atoms with Crippen LogP contribution < -0.4 is 5.32 Å². The van der Waals surface area contributed by atoms with Gasteiger partial charge in [0.15, 0.2) is 0 Å². The lowest BCUT2D eigenvalue weighted by Crippen LogP contribution is -2.42. The summed E-state index contributed by atoms with van der Waals surface area (Å²) in [6, 6.07) is 0. The summed E-state index contributed by atoms with van der Waals surface area (Å²) in [7, 11) is -3.13. The predicted molar refractivity (Wildman–Crippen MR) is 100 cm³/mol. The summed E-state index contributed by atoms with van der Waals surface area (Å²) in [6.07, 6.45) is 9.40. The maximum Gasteiger partial charge on any atom is 0.223 e. The number of hydrogen-bond acceptors (Lipinski definition) is 5. The molecule has 1 amide bonds. The Hall–Kier alpha value is -1.48. The zero-order valence-corrected chi connectivity index (χ0v) is 16.7. The summed E-state index contributed by atoms with van der Waals surface area (Å²) in [6.45, 7) is 4.57. The third-order valence-electron chi connectivity index (χ3n) is 4.95. The van der Waals surface area contributed by atoms with Gasteiger partial charge in [0, 0.05) is 32.1 Å². The normalized spacial score (nSPS) is 16.7. The van der Waals surface area contributed by atoms with E-state index >= 15 is 0 Å². The lowest BCUT2D eigenvalue weighted by molar-refractivity contribution is -0.126. The van der Waals surface area contributed by atoms with Crippen molar-refractivity contribution in [2.24, 2.45) is 5.92 Å². The van der Waals surface area contributed by atoms with Gasteiger partial charge in [-0.05, 0) is 32.1 Å². The Kier molecular flexibility index (Phi) is 8.02. The summed E-state index contributed by atoms with van der Waals surface area (Å²) in [5.41, 5.74) is 1.17. The van der Waals surface area contributed by atoms with Crippen molar-refractivity contribution in [2.45, 2.75) is 58.4 Å². The highest BCUT2D eigenvalue weighted by Crippen LogP contribution is 2.19. The molecule has 1 aliphatic heterocycles. The number of hydrogen-bond donors (Lipinski definition) is 1. The van der Waals surface area contributed by atoms with Crippen molar-refractivity contribution >= 4 is 15.9 Å². The predicted octanol–water partition coefficient (Wildman–Crippen LogP) is 1.19. The van der Waals surface area contributed by atoms with Gasteiger partial charge in [0.25, 0.3) is 0 Å². The SMILES string of the molecule is CCc1cnnn1CCCCCCNC(=O)C1CCN(S(C)(=O)=O)CC1. The first-order valence-corrected chi connectivity index (χ1v) is 11.4. The van der Waals surface area contributed by atoms with E-state index in [1.165, 1.54) is 16.3 Å². The molecular weight excluding hydrogens is 354 g/mol. The second-order valence-electron chi connectivity index (χ2n) is 6.94. The van der Waals surface area contributed by atoms with E-state index in [1.807, 2.05) is 10.9 Å². The summed E-state index contributed by atoms with van der Waals surface area (Å²) >= 11 is 0. The number of amides is 1. The number of sulfonamides is 1. The van der Waals surface area contributed by atoms with E-state index in [2.05, 4.69) is 22.6 Å². The molecule has 1 fully saturated rings. The molecule has 1 aromatic heterocycles. The van der Waals surface area contributed by atoms with Crippen molar-refractivity contribution in [3.63, 3.8) is 0 Å². The zero-order chi connectivity index (χ0) is 19.0. The summed E-state index contributed by atoms with van der Waals surface area (Å²) in [5, 5.41) is 11.0. The molecule has 1 aliphatic rings. The highest BCUT2D eigenvalue weighted by Gasteiger charge is 2.28. The zero-order valence-electron chi connectivity index (χ0n) is 15.9. The number of aromatic nitrogens is 3. The van der Waals surface area contributed by atoms with Crippen LogP contribution in [0.1, 0.15) is 51.1 Å². The molecule has 0 bridgehead atoms. The molecule has 0 atom stereocenters. The highest BCUT2D eigenvalue weighted by molar-refractivity contribution is 7.88. The van der Waals surface area contributed by atoms with Crippen LogP contribution in [0.15, 0.2) is 6.20 Å². The van der Waals surface area contributed by atoms with Crippen LogP contribution in [-0.2, 0) is 27.8 Å². The summed E-state index contributed by atoms with van der Waals surface area (Å²) < 4.78 is 26.4. The Morgan fingerprint density at radius 3 is 2.58 bits per heavy atom. The number of carbonyl (C=O) groups excluding carboxylic acids is 1. The number of carbonyl (C=O) groups is 1. The van der Waals surface area contributed by atoms with Crippen LogP contribution in [0, 0.1) is 5.92 Å². The molecule has 1 aromatic rings. The first-order chi connectivity index (χ1) is 12.4. The number of piperidine rings is 1. The standard InChI is InChI=1S/C17H31N5O3S/c1-3-16-14-19-20-22(16)11-7-5-4-6-10-18-17(23)15-8-12-21(13-9-15)26(2,24)25/h14-15H,3-13H2,1-2H3,(H,18,23). The first-order valence-electron chi connectivity index (χ1n) is 9.52. The minimum Gasteiger partial charge on any atom is -0.356 e. The minimum atomic E-state index is -3.13. The Morgan fingerprint density at radius 1 is 1.23 bits per heavy atom. The van der Waals surface area contributed by atoms with Crippen molar-refractivity contribution in [1.82, 2.24) is 24.6 Å². The van der Waals surface area contributed by atoms with Crippen LogP contribution in [0.4, 0.5) is 0 Å². The lowest BCUT2D eigenvalue weighted by atomic mass is 9.97. The fraction of sp³-hybridized carbons (Fsp3) is 0.824. The Morgan fingerprint density at radius 2 is 1.92 bits per heavy atom. The van der Waals surface area contributed by atoms with Crippen LogP contribution in [0.3, 0.4) is 0 Å². The van der Waals surface area contributed by atoms with E-state index in [9.17, 15) is 13.2 Å². The van der Waals surface area contributed by atoms with Crippen LogP contribution in [-0.4, -0.2) is 59.5 Å². The van der Waals surface area contributed by atoms with E-state index < -0.39 is 10.0 Å². The number of nitrogens with zero attached hydrogens (tertiary/aromatic N) is 4. The van der Waals surface area contributed by atoms with Crippen LogP contribution in [0.2, 0.25) is 0 Å². The van der Waals surface area contributed by atoms with Gasteiger partial charge < -0.3 is 5.32 Å². The average Bonchev–Trinajstić information content (AvgIpc) is 3.07. The van der Waals surface area contributed by atoms with Crippen LogP contribution >= 0.6 is 0 Å². The topological polar surface area (TPSA) is 97.2 Å². The molecule has 0 unspecified atom stereocenters. The van der Waals surface area contributed by atoms with Gasteiger partial charge in [0.1, 0.15) is 0 Å². The highest BCUT2D eigenvalue weighted by atomic mass is 32.2. The third kappa shape index (κ3) is 6.35. The molecular formula is C17H31N5O3S. The molecule has 2 rings (SSSR count). The Bertz CT molecular complexity index is 666. The quantitative estimate of drug-likeness (QED) is 0.610. The maximum atomic E-state index is 12.2. The molecule has 1 N–H and O–H groups in total. The van der Waals surface area contributed by atoms with E-state index in [-0.39, 0.29) is 11.8 Å². The molecule has 9 heteroatoms. The molecule has 8 nitrogen and oxygen atoms in total. The van der Waals surface area contributed by atoms with Crippen molar-refractivity contribution < 1.29 is 13.2 Å². The molecule has 0 aromatic carbocycles. The molecule has 0 spiro atoms. The van der Waals surface area contributed by atoms with E-state index in [1.54, 1.807) is 0 Å². The van der Waals surface area contributed by atoms with Crippen molar-refractivity contribution in [2.75, 3.05) is 25.9 Å². The molecule has 0 radical (unpaired) electrons. The number of unbranched alkanes of at least 4 members (excludes halogenated alkanes) is 3. The summed E-state index contributed by atoms with van der Waals surface area (Å²) in [4.78, 5) is 12.2. The van der Waals surface area contributed by atoms with E-state index in [0.717, 1.165) is 38.6 Å². The fourth-order valence-electron chi connectivity index (χ4n) is 3.29. The van der Waals surface area contributed by atoms with Gasteiger partial charge in [-0.15, -0.1) is 5.10 Å². The van der Waals surface area contributed by atoms with Crippen molar-refractivity contribution in [3.05, 3.63) is 11.9 Å². The van der Waals surface area contributed by atoms with E-state index in [0.29, 0.717) is 32.5 Å². The maximum absolute atomic E-state index is 12.2. The van der Waals surface area contributed by atoms with Gasteiger partial charge in [-0.1, -0.05) is 25.0 Å². The van der Waals surface area contributed by atoms with Crippen LogP contribution in [0.25, 0.3) is 0 Å². The fourth-order valence-corrected chi connectivity index (χ4v) is 4.16. The number of aryl methyl sites for hydroxylation is 2. The average molecular weight is 386 g/mol. The van der Waals surface area contributed by atoms with Gasteiger partial charge in [0.2, 0.25) is 15.9 Å². The smallest absolute Gasteiger partial charge is 0.223 e. The van der Waals surface area contributed by atoms with Gasteiger partial charge >= 0.3 is 0 Å². The Balaban J connectivity index is 1.53. The molecule has 26 heavy (non-hydrogen) atoms. The number of nitrogens with one attached hydrogen (secondary N) is 1. The second-order valence-corrected chi connectivity index (χ2v) is 8.93. The molecule has 148 valence electrons. The van der Waals surface area contributed by atoms with Crippen molar-refractivity contribution in [1.29, 1.82) is 0 Å². The largest absolute Gasteiger partial charge is 0.356 e. The van der Waals surface area contributed by atoms with E-state index in [4.69, 9.17) is 0 Å². The Labute approximate surface area is 156 Å². The molecule has 2 heterocycles. The van der Waals surface area contributed by atoms with Gasteiger partial charge in [0.05, 0.1) is 18.1 Å². The van der Waals surface area contributed by atoms with Gasteiger partial charge in [-0.3, -0.25) is 4.79 Å². The lowest BCUT2D eigenvalue weighted by Gasteiger charge is -2.29. The first kappa shape index (κ1) is 20.8. The van der Waals surface area contributed by atoms with Gasteiger partial charge in [-0.25, -0.2) is 17.4 Å². The monoisotopic (exact) mass is 385 g/mol. The number of rotatable bonds is 10. The summed E-state index contributed by atoms with van der Waals surface area (Å²) in [5.74, 6) is 0.00105. The molecule has 1 saturated heterocycles. The molecule has 0 aliphatic carbocycles. The van der Waals surface area contributed by atoms with Gasteiger partial charge in [-0.2, -0.15) is 0 Å². The minimum absolute atomic E-state index is 0.0622. The van der Waals surface area contributed by atoms with Crippen molar-refractivity contribution in [3.8, 4) is 0 Å². The van der Waals surface area contributed by atoms with Crippen LogP contribution in [0.5, 0.6) is 0 Å². The third-order valence-corrected chi connectivity index (χ3v) is 6.25. The second kappa shape index (κ2) is 10.0.